The van der Waals surface area contributed by atoms with E-state index in [1.807, 2.05) is 4.90 Å². The summed E-state index contributed by atoms with van der Waals surface area (Å²) in [5, 5.41) is 0. The van der Waals surface area contributed by atoms with Crippen LogP contribution in [0.4, 0.5) is 23.9 Å². The van der Waals surface area contributed by atoms with Gasteiger partial charge in [-0.1, -0.05) is 6.07 Å². The quantitative estimate of drug-likeness (QED) is 0.783. The smallest absolute Gasteiger partial charge is 0.416 e. The molecule has 2 saturated heterocycles. The first kappa shape index (κ1) is 19.3. The van der Waals surface area contributed by atoms with Gasteiger partial charge in [0.15, 0.2) is 0 Å². The molecule has 0 aliphatic carbocycles. The molecule has 2 fully saturated rings. The van der Waals surface area contributed by atoms with Gasteiger partial charge in [0.25, 0.3) is 0 Å². The largest absolute Gasteiger partial charge is 0.487 e. The maximum absolute atomic E-state index is 12.8. The van der Waals surface area contributed by atoms with Crippen LogP contribution in [0.15, 0.2) is 42.7 Å². The molecule has 2 aliphatic heterocycles. The molecule has 3 heterocycles. The average Bonchev–Trinajstić information content (AvgIpc) is 2.70. The molecule has 154 valence electrons. The molecule has 0 N–H and O–H groups in total. The van der Waals surface area contributed by atoms with Crippen molar-refractivity contribution in [3.63, 3.8) is 0 Å². The Labute approximate surface area is 165 Å². The molecule has 2 aromatic rings. The lowest BCUT2D eigenvalue weighted by Gasteiger charge is -2.43. The number of rotatable bonds is 3. The van der Waals surface area contributed by atoms with E-state index in [0.29, 0.717) is 45.2 Å². The van der Waals surface area contributed by atoms with E-state index in [1.54, 1.807) is 28.3 Å². The van der Waals surface area contributed by atoms with Gasteiger partial charge in [0, 0.05) is 38.6 Å². The lowest BCUT2D eigenvalue weighted by Crippen LogP contribution is -2.62. The molecule has 1 aromatic heterocycles. The number of aromatic nitrogens is 2. The highest BCUT2D eigenvalue weighted by molar-refractivity contribution is 5.75. The summed E-state index contributed by atoms with van der Waals surface area (Å²) in [6.45, 7) is 3.13. The van der Waals surface area contributed by atoms with E-state index >= 15 is 0 Å². The van der Waals surface area contributed by atoms with E-state index in [9.17, 15) is 18.0 Å². The number of hydrogen-bond donors (Lipinski definition) is 0. The number of halogens is 3. The van der Waals surface area contributed by atoms with Crippen molar-refractivity contribution in [1.29, 1.82) is 0 Å². The first-order chi connectivity index (χ1) is 13.9. The van der Waals surface area contributed by atoms with Crippen molar-refractivity contribution in [2.45, 2.75) is 12.3 Å². The maximum atomic E-state index is 12.8. The van der Waals surface area contributed by atoms with Crippen LogP contribution >= 0.6 is 0 Å². The number of alkyl halides is 3. The Balaban J connectivity index is 1.25. The van der Waals surface area contributed by atoms with E-state index in [2.05, 4.69) is 9.97 Å². The SMILES string of the molecule is O=C(N1CCN(c2ncccn2)CC1)N1CC(Oc2cccc(C(F)(F)F)c2)C1. The van der Waals surface area contributed by atoms with E-state index in [0.717, 1.165) is 12.1 Å². The van der Waals surface area contributed by atoms with Crippen molar-refractivity contribution in [1.82, 2.24) is 19.8 Å². The van der Waals surface area contributed by atoms with Gasteiger partial charge < -0.3 is 19.4 Å². The molecule has 1 aromatic carbocycles. The summed E-state index contributed by atoms with van der Waals surface area (Å²) in [5.41, 5.74) is -0.748. The summed E-state index contributed by atoms with van der Waals surface area (Å²) in [5.74, 6) is 0.812. The molecule has 0 radical (unpaired) electrons. The fraction of sp³-hybridized carbons (Fsp3) is 0.421. The number of benzene rings is 1. The highest BCUT2D eigenvalue weighted by atomic mass is 19.4. The number of ether oxygens (including phenoxy) is 1. The fourth-order valence-electron chi connectivity index (χ4n) is 3.36. The van der Waals surface area contributed by atoms with Crippen LogP contribution < -0.4 is 9.64 Å². The van der Waals surface area contributed by atoms with Crippen LogP contribution in [0.25, 0.3) is 0 Å². The molecule has 7 nitrogen and oxygen atoms in total. The van der Waals surface area contributed by atoms with Crippen LogP contribution in [0.5, 0.6) is 5.75 Å². The van der Waals surface area contributed by atoms with E-state index < -0.39 is 11.7 Å². The Morgan fingerprint density at radius 2 is 1.69 bits per heavy atom. The van der Waals surface area contributed by atoms with Crippen LogP contribution in [0.1, 0.15) is 5.56 Å². The minimum atomic E-state index is -4.41. The Bertz CT molecular complexity index is 850. The van der Waals surface area contributed by atoms with Crippen LogP contribution in [-0.2, 0) is 6.18 Å². The molecular formula is C19H20F3N5O2. The van der Waals surface area contributed by atoms with Gasteiger partial charge in [0.1, 0.15) is 11.9 Å². The lowest BCUT2D eigenvalue weighted by atomic mass is 10.1. The Hall–Kier alpha value is -3.04. The molecule has 29 heavy (non-hydrogen) atoms. The van der Waals surface area contributed by atoms with Crippen molar-refractivity contribution in [2.75, 3.05) is 44.2 Å². The zero-order chi connectivity index (χ0) is 20.4. The van der Waals surface area contributed by atoms with Gasteiger partial charge in [-0.3, -0.25) is 0 Å². The molecule has 0 spiro atoms. The molecule has 0 saturated carbocycles. The second-order valence-corrected chi connectivity index (χ2v) is 6.98. The van der Waals surface area contributed by atoms with Crippen molar-refractivity contribution >= 4 is 12.0 Å². The second-order valence-electron chi connectivity index (χ2n) is 6.98. The number of carbonyl (C=O) groups is 1. The molecule has 2 amide bonds. The van der Waals surface area contributed by atoms with E-state index in [-0.39, 0.29) is 17.9 Å². The molecule has 2 aliphatic rings. The number of likely N-dealkylation sites (tertiary alicyclic amines) is 1. The number of piperazine rings is 1. The minimum absolute atomic E-state index is 0.0810. The van der Waals surface area contributed by atoms with E-state index in [4.69, 9.17) is 4.74 Å². The predicted octanol–water partition coefficient (Wildman–Crippen LogP) is 2.50. The standard InChI is InChI=1S/C19H20F3N5O2/c20-19(21,22)14-3-1-4-15(11-14)29-16-12-27(13-16)18(28)26-9-7-25(8-10-26)17-23-5-2-6-24-17/h1-6,11,16H,7-10,12-13H2. The zero-order valence-electron chi connectivity index (χ0n) is 15.5. The average molecular weight is 407 g/mol. The molecule has 0 unspecified atom stereocenters. The zero-order valence-corrected chi connectivity index (χ0v) is 15.5. The number of hydrogen-bond acceptors (Lipinski definition) is 5. The normalized spacial score (nSPS) is 17.8. The molecule has 0 bridgehead atoms. The summed E-state index contributed by atoms with van der Waals surface area (Å²) in [6.07, 6.45) is -1.34. The fourth-order valence-corrected chi connectivity index (χ4v) is 3.36. The first-order valence-electron chi connectivity index (χ1n) is 9.30. The van der Waals surface area contributed by atoms with E-state index in [1.165, 1.54) is 12.1 Å². The minimum Gasteiger partial charge on any atom is -0.487 e. The first-order valence-corrected chi connectivity index (χ1v) is 9.30. The third-order valence-electron chi connectivity index (χ3n) is 4.97. The highest BCUT2D eigenvalue weighted by Gasteiger charge is 2.36. The van der Waals surface area contributed by atoms with Crippen LogP contribution in [0, 0.1) is 0 Å². The monoisotopic (exact) mass is 407 g/mol. The van der Waals surface area contributed by atoms with Crippen molar-refractivity contribution in [2.24, 2.45) is 0 Å². The molecule has 10 heteroatoms. The summed E-state index contributed by atoms with van der Waals surface area (Å²) < 4.78 is 43.9. The third kappa shape index (κ3) is 4.36. The van der Waals surface area contributed by atoms with Gasteiger partial charge in [-0.2, -0.15) is 13.2 Å². The summed E-state index contributed by atoms with van der Waals surface area (Å²) >= 11 is 0. The maximum Gasteiger partial charge on any atom is 0.416 e. The van der Waals surface area contributed by atoms with Crippen molar-refractivity contribution in [3.8, 4) is 5.75 Å². The number of amides is 2. The van der Waals surface area contributed by atoms with Gasteiger partial charge in [-0.25, -0.2) is 14.8 Å². The number of anilines is 1. The number of nitrogens with zero attached hydrogens (tertiary/aromatic N) is 5. The van der Waals surface area contributed by atoms with Crippen molar-refractivity contribution < 1.29 is 22.7 Å². The Morgan fingerprint density at radius 3 is 2.34 bits per heavy atom. The second kappa shape index (κ2) is 7.76. The van der Waals surface area contributed by atoms with Gasteiger partial charge in [0.2, 0.25) is 5.95 Å². The summed E-state index contributed by atoms with van der Waals surface area (Å²) in [7, 11) is 0. The van der Waals surface area contributed by atoms with Crippen LogP contribution in [-0.4, -0.2) is 71.2 Å². The summed E-state index contributed by atoms with van der Waals surface area (Å²) in [4.78, 5) is 26.5. The topological polar surface area (TPSA) is 61.8 Å². The van der Waals surface area contributed by atoms with Gasteiger partial charge in [-0.05, 0) is 24.3 Å². The highest BCUT2D eigenvalue weighted by Crippen LogP contribution is 2.32. The number of urea groups is 1. The van der Waals surface area contributed by atoms with Gasteiger partial charge in [-0.15, -0.1) is 0 Å². The third-order valence-corrected chi connectivity index (χ3v) is 4.97. The van der Waals surface area contributed by atoms with Crippen LogP contribution in [0.2, 0.25) is 0 Å². The number of carbonyl (C=O) groups excluding carboxylic acids is 1. The van der Waals surface area contributed by atoms with Gasteiger partial charge >= 0.3 is 12.2 Å². The molecular weight excluding hydrogens is 387 g/mol. The van der Waals surface area contributed by atoms with Gasteiger partial charge in [0.05, 0.1) is 18.7 Å². The van der Waals surface area contributed by atoms with Crippen LogP contribution in [0.3, 0.4) is 0 Å². The predicted molar refractivity (Wildman–Crippen MR) is 98.6 cm³/mol. The lowest BCUT2D eigenvalue weighted by molar-refractivity contribution is -0.137. The Morgan fingerprint density at radius 1 is 1.00 bits per heavy atom. The van der Waals surface area contributed by atoms with Crippen molar-refractivity contribution in [3.05, 3.63) is 48.3 Å². The Kier molecular flexibility index (Phi) is 5.16. The molecule has 4 rings (SSSR count). The summed E-state index contributed by atoms with van der Waals surface area (Å²) in [6, 6.07) is 6.46. The molecule has 0 atom stereocenters.